The Kier molecular flexibility index (Phi) is 6.64. The predicted octanol–water partition coefficient (Wildman–Crippen LogP) is 6.16. The Morgan fingerprint density at radius 3 is 2.52 bits per heavy atom. The highest BCUT2D eigenvalue weighted by Crippen LogP contribution is 2.29. The highest BCUT2D eigenvalue weighted by Gasteiger charge is 2.26. The minimum absolute atomic E-state index is 0.00272. The zero-order valence-corrected chi connectivity index (χ0v) is 17.1. The number of amides is 1. The monoisotopic (exact) mass is 398 g/mol. The maximum Gasteiger partial charge on any atom is 0.233 e. The van der Waals surface area contributed by atoms with Crippen LogP contribution in [-0.4, -0.2) is 10.9 Å². The van der Waals surface area contributed by atoms with E-state index in [1.54, 1.807) is 0 Å². The van der Waals surface area contributed by atoms with E-state index in [2.05, 4.69) is 24.1 Å². The van der Waals surface area contributed by atoms with Gasteiger partial charge in [-0.25, -0.2) is 4.98 Å². The molecular formula is C22H23ClN2OS. The van der Waals surface area contributed by atoms with Crippen molar-refractivity contribution in [3.63, 3.8) is 0 Å². The number of nitrogens with zero attached hydrogens (tertiary/aromatic N) is 1. The van der Waals surface area contributed by atoms with Gasteiger partial charge < -0.3 is 5.32 Å². The average Bonchev–Trinajstić information content (AvgIpc) is 3.11. The van der Waals surface area contributed by atoms with E-state index >= 15 is 0 Å². The van der Waals surface area contributed by atoms with Crippen molar-refractivity contribution < 1.29 is 4.79 Å². The molecule has 1 amide bonds. The average molecular weight is 399 g/mol. The van der Waals surface area contributed by atoms with Gasteiger partial charge in [0.2, 0.25) is 5.91 Å². The largest absolute Gasteiger partial charge is 0.301 e. The second kappa shape index (κ2) is 9.16. The summed E-state index contributed by atoms with van der Waals surface area (Å²) >= 11 is 7.45. The minimum atomic E-state index is -0.181. The lowest BCUT2D eigenvalue weighted by Crippen LogP contribution is -2.26. The lowest BCUT2D eigenvalue weighted by atomic mass is 9.85. The third-order valence-corrected chi connectivity index (χ3v) is 5.89. The summed E-state index contributed by atoms with van der Waals surface area (Å²) < 4.78 is 0. The quantitative estimate of drug-likeness (QED) is 0.518. The maximum atomic E-state index is 13.0. The van der Waals surface area contributed by atoms with Gasteiger partial charge in [0, 0.05) is 22.5 Å². The first-order valence-corrected chi connectivity index (χ1v) is 10.3. The van der Waals surface area contributed by atoms with E-state index in [9.17, 15) is 4.79 Å². The van der Waals surface area contributed by atoms with Gasteiger partial charge in [-0.1, -0.05) is 74.3 Å². The number of hydrogen-bond donors (Lipinski definition) is 1. The van der Waals surface area contributed by atoms with E-state index in [0.717, 1.165) is 28.3 Å². The van der Waals surface area contributed by atoms with Crippen LogP contribution < -0.4 is 5.32 Å². The van der Waals surface area contributed by atoms with Gasteiger partial charge in [0.05, 0.1) is 5.92 Å². The second-order valence-electron chi connectivity index (χ2n) is 6.70. The van der Waals surface area contributed by atoms with E-state index in [1.165, 1.54) is 16.9 Å². The molecule has 0 aliphatic heterocycles. The van der Waals surface area contributed by atoms with Gasteiger partial charge >= 0.3 is 0 Å². The van der Waals surface area contributed by atoms with Gasteiger partial charge in [-0.2, -0.15) is 0 Å². The molecule has 3 rings (SSSR count). The summed E-state index contributed by atoms with van der Waals surface area (Å²) in [6.07, 6.45) is 3.54. The van der Waals surface area contributed by atoms with Crippen molar-refractivity contribution in [2.45, 2.75) is 32.6 Å². The van der Waals surface area contributed by atoms with Crippen LogP contribution in [0.4, 0.5) is 5.13 Å². The summed E-state index contributed by atoms with van der Waals surface area (Å²) in [5.41, 5.74) is 2.21. The Balaban J connectivity index is 1.71. The van der Waals surface area contributed by atoms with Gasteiger partial charge in [-0.05, 0) is 29.2 Å². The van der Waals surface area contributed by atoms with Crippen molar-refractivity contribution in [3.8, 4) is 0 Å². The van der Waals surface area contributed by atoms with E-state index < -0.39 is 0 Å². The summed E-state index contributed by atoms with van der Waals surface area (Å²) in [4.78, 5) is 18.5. The highest BCUT2D eigenvalue weighted by atomic mass is 35.5. The number of anilines is 1. The Morgan fingerprint density at radius 1 is 1.15 bits per heavy atom. The van der Waals surface area contributed by atoms with Crippen molar-refractivity contribution >= 4 is 34.0 Å². The smallest absolute Gasteiger partial charge is 0.233 e. The molecule has 0 radical (unpaired) electrons. The van der Waals surface area contributed by atoms with Crippen LogP contribution in [0.2, 0.25) is 5.02 Å². The first-order chi connectivity index (χ1) is 13.1. The number of nitrogens with one attached hydrogen (secondary N) is 1. The summed E-state index contributed by atoms with van der Waals surface area (Å²) in [5.74, 6) is 0.0728. The topological polar surface area (TPSA) is 42.0 Å². The molecule has 0 aliphatic carbocycles. The summed E-state index contributed by atoms with van der Waals surface area (Å²) in [5, 5.41) is 4.39. The molecule has 5 heteroatoms. The normalized spacial score (nSPS) is 13.1. The summed E-state index contributed by atoms with van der Waals surface area (Å²) in [6, 6.07) is 17.8. The molecule has 140 valence electrons. The van der Waals surface area contributed by atoms with Crippen LogP contribution in [-0.2, 0) is 11.2 Å². The van der Waals surface area contributed by atoms with Gasteiger partial charge in [0.15, 0.2) is 5.13 Å². The summed E-state index contributed by atoms with van der Waals surface area (Å²) in [6.45, 7) is 4.23. The Labute approximate surface area is 169 Å². The van der Waals surface area contributed by atoms with Crippen LogP contribution in [0, 0.1) is 5.92 Å². The van der Waals surface area contributed by atoms with Crippen molar-refractivity contribution in [3.05, 3.63) is 81.8 Å². The minimum Gasteiger partial charge on any atom is -0.301 e. The van der Waals surface area contributed by atoms with Crippen LogP contribution in [0.3, 0.4) is 0 Å². The number of hydrogen-bond acceptors (Lipinski definition) is 3. The molecule has 2 atom stereocenters. The van der Waals surface area contributed by atoms with Crippen molar-refractivity contribution in [2.24, 2.45) is 5.92 Å². The lowest BCUT2D eigenvalue weighted by Gasteiger charge is -2.22. The van der Waals surface area contributed by atoms with Crippen LogP contribution in [0.5, 0.6) is 0 Å². The van der Waals surface area contributed by atoms with Crippen molar-refractivity contribution in [1.29, 1.82) is 0 Å². The fourth-order valence-electron chi connectivity index (χ4n) is 3.07. The second-order valence-corrected chi connectivity index (χ2v) is 8.25. The van der Waals surface area contributed by atoms with Crippen molar-refractivity contribution in [1.82, 2.24) is 4.98 Å². The molecule has 1 heterocycles. The molecule has 2 unspecified atom stereocenters. The van der Waals surface area contributed by atoms with E-state index in [1.807, 2.05) is 60.8 Å². The molecule has 0 saturated heterocycles. The Morgan fingerprint density at radius 2 is 1.85 bits per heavy atom. The van der Waals surface area contributed by atoms with E-state index in [0.29, 0.717) is 5.13 Å². The third-order valence-electron chi connectivity index (χ3n) is 4.73. The van der Waals surface area contributed by atoms with Gasteiger partial charge in [-0.15, -0.1) is 11.3 Å². The number of aromatic nitrogens is 1. The number of benzene rings is 2. The fraction of sp³-hybridized carbons (Fsp3) is 0.273. The summed E-state index contributed by atoms with van der Waals surface area (Å²) in [7, 11) is 0. The molecule has 1 aromatic heterocycles. The Hall–Kier alpha value is -2.17. The molecule has 3 aromatic rings. The zero-order chi connectivity index (χ0) is 19.2. The molecule has 27 heavy (non-hydrogen) atoms. The highest BCUT2D eigenvalue weighted by molar-refractivity contribution is 7.15. The van der Waals surface area contributed by atoms with Crippen molar-refractivity contribution in [2.75, 3.05) is 5.32 Å². The SMILES string of the molecule is CCC(C)C(C(=O)Nc1ncc(Cc2ccc(Cl)cc2)s1)c1ccccc1. The molecule has 0 spiro atoms. The van der Waals surface area contributed by atoms with Crippen LogP contribution in [0.1, 0.15) is 42.2 Å². The molecular weight excluding hydrogens is 376 g/mol. The standard InChI is InChI=1S/C22H23ClN2OS/c1-3-15(2)20(17-7-5-4-6-8-17)21(26)25-22-24-14-19(27-22)13-16-9-11-18(23)12-10-16/h4-12,14-15,20H,3,13H2,1-2H3,(H,24,25,26). The molecule has 0 bridgehead atoms. The maximum absolute atomic E-state index is 13.0. The third kappa shape index (κ3) is 5.18. The van der Waals surface area contributed by atoms with Crippen LogP contribution in [0.15, 0.2) is 60.8 Å². The number of carbonyl (C=O) groups excluding carboxylic acids is 1. The Bertz CT molecular complexity index is 877. The first-order valence-electron chi connectivity index (χ1n) is 9.11. The van der Waals surface area contributed by atoms with Crippen LogP contribution >= 0.6 is 22.9 Å². The lowest BCUT2D eigenvalue weighted by molar-refractivity contribution is -0.118. The van der Waals surface area contributed by atoms with Crippen LogP contribution in [0.25, 0.3) is 0 Å². The van der Waals surface area contributed by atoms with Gasteiger partial charge in [0.25, 0.3) is 0 Å². The molecule has 0 saturated carbocycles. The molecule has 2 aromatic carbocycles. The van der Waals surface area contributed by atoms with E-state index in [-0.39, 0.29) is 17.7 Å². The van der Waals surface area contributed by atoms with Gasteiger partial charge in [0.1, 0.15) is 0 Å². The number of rotatable bonds is 7. The van der Waals surface area contributed by atoms with Gasteiger partial charge in [-0.3, -0.25) is 4.79 Å². The first kappa shape index (κ1) is 19.6. The number of halogens is 1. The fourth-order valence-corrected chi connectivity index (χ4v) is 4.04. The zero-order valence-electron chi connectivity index (χ0n) is 15.5. The van der Waals surface area contributed by atoms with E-state index in [4.69, 9.17) is 11.6 Å². The molecule has 3 nitrogen and oxygen atoms in total. The molecule has 0 fully saturated rings. The molecule has 0 aliphatic rings. The molecule has 1 N–H and O–H groups in total. The predicted molar refractivity (Wildman–Crippen MR) is 114 cm³/mol. The number of carbonyl (C=O) groups is 1. The number of thiazole rings is 1.